The van der Waals surface area contributed by atoms with E-state index in [1.807, 2.05) is 0 Å². The van der Waals surface area contributed by atoms with Crippen molar-refractivity contribution < 1.29 is 8.78 Å². The minimum absolute atomic E-state index is 0.452. The fourth-order valence-corrected chi connectivity index (χ4v) is 1.90. The fraction of sp³-hybridized carbons (Fsp3) is 0.700. The van der Waals surface area contributed by atoms with E-state index in [2.05, 4.69) is 23.8 Å². The van der Waals surface area contributed by atoms with E-state index in [4.69, 9.17) is 0 Å². The highest BCUT2D eigenvalue weighted by molar-refractivity contribution is 5.20. The van der Waals surface area contributed by atoms with E-state index in [1.54, 1.807) is 0 Å². The van der Waals surface area contributed by atoms with Crippen molar-refractivity contribution in [2.24, 2.45) is 0 Å². The molecule has 3 nitrogen and oxygen atoms in total. The van der Waals surface area contributed by atoms with Gasteiger partial charge in [0.2, 0.25) is 0 Å². The maximum absolute atomic E-state index is 12.4. The smallest absolute Gasteiger partial charge is 0.296 e. The zero-order valence-electron chi connectivity index (χ0n) is 8.95. The van der Waals surface area contributed by atoms with Crippen molar-refractivity contribution in [1.29, 1.82) is 0 Å². The molecule has 0 radical (unpaired) electrons. The molecule has 2 heterocycles. The Morgan fingerprint density at radius 1 is 1.40 bits per heavy atom. The molecule has 0 atom stereocenters. The van der Waals surface area contributed by atoms with Gasteiger partial charge in [-0.15, -0.1) is 0 Å². The number of alkyl halides is 2. The second-order valence-electron chi connectivity index (χ2n) is 4.17. The first-order valence-corrected chi connectivity index (χ1v) is 5.17. The second-order valence-corrected chi connectivity index (χ2v) is 4.17. The molecule has 0 fully saturated rings. The zero-order chi connectivity index (χ0) is 11.0. The Labute approximate surface area is 87.7 Å². The quantitative estimate of drug-likeness (QED) is 0.752. The molecule has 0 N–H and O–H groups in total. The topological polar surface area (TPSA) is 21.1 Å². The van der Waals surface area contributed by atoms with Crippen LogP contribution in [0.4, 0.5) is 8.78 Å². The monoisotopic (exact) mass is 215 g/mol. The van der Waals surface area contributed by atoms with Crippen LogP contribution in [0, 0.1) is 0 Å². The maximum Gasteiger partial charge on any atom is 0.333 e. The highest BCUT2D eigenvalue weighted by Crippen LogP contribution is 2.21. The van der Waals surface area contributed by atoms with Crippen LogP contribution in [0.1, 0.15) is 31.7 Å². The molecule has 1 aromatic heterocycles. The van der Waals surface area contributed by atoms with Crippen molar-refractivity contribution in [2.75, 3.05) is 6.54 Å². The number of nitrogens with zero attached hydrogens (tertiary/aromatic N) is 3. The molecule has 0 amide bonds. The minimum atomic E-state index is -2.52. The molecule has 5 heteroatoms. The van der Waals surface area contributed by atoms with Gasteiger partial charge in [-0.2, -0.15) is 13.9 Å². The third kappa shape index (κ3) is 2.02. The predicted octanol–water partition coefficient (Wildman–Crippen LogP) is 2.04. The Bertz CT molecular complexity index is 346. The van der Waals surface area contributed by atoms with Crippen LogP contribution in [-0.2, 0) is 13.0 Å². The van der Waals surface area contributed by atoms with Crippen LogP contribution in [-0.4, -0.2) is 27.3 Å². The van der Waals surface area contributed by atoms with Crippen molar-refractivity contribution in [3.8, 4) is 0 Å². The van der Waals surface area contributed by atoms with E-state index in [-0.39, 0.29) is 0 Å². The van der Waals surface area contributed by atoms with Crippen LogP contribution in [0.5, 0.6) is 0 Å². The summed E-state index contributed by atoms with van der Waals surface area (Å²) in [5.74, 6) is 0. The highest BCUT2D eigenvalue weighted by atomic mass is 19.3. The average molecular weight is 215 g/mol. The Kier molecular flexibility index (Phi) is 2.73. The molecule has 0 saturated carbocycles. The standard InChI is InChI=1S/C10H15F2N3/c1-7(2)14-4-3-9-8(5-14)6-15(13-9)10(11)12/h6-7,10H,3-5H2,1-2H3. The zero-order valence-corrected chi connectivity index (χ0v) is 8.95. The lowest BCUT2D eigenvalue weighted by atomic mass is 10.1. The van der Waals surface area contributed by atoms with Gasteiger partial charge in [-0.1, -0.05) is 0 Å². The summed E-state index contributed by atoms with van der Waals surface area (Å²) in [7, 11) is 0. The molecular formula is C10H15F2N3. The molecule has 0 aromatic carbocycles. The first kappa shape index (κ1) is 10.5. The molecule has 0 unspecified atom stereocenters. The predicted molar refractivity (Wildman–Crippen MR) is 52.7 cm³/mol. The van der Waals surface area contributed by atoms with E-state index in [1.165, 1.54) is 6.20 Å². The third-order valence-corrected chi connectivity index (χ3v) is 2.83. The average Bonchev–Trinajstić information content (AvgIpc) is 2.59. The van der Waals surface area contributed by atoms with Gasteiger partial charge >= 0.3 is 6.55 Å². The van der Waals surface area contributed by atoms with Gasteiger partial charge < -0.3 is 0 Å². The van der Waals surface area contributed by atoms with Crippen LogP contribution in [0.15, 0.2) is 6.20 Å². The van der Waals surface area contributed by atoms with E-state index in [9.17, 15) is 8.78 Å². The number of fused-ring (bicyclic) bond motifs is 1. The molecule has 1 aliphatic rings. The summed E-state index contributed by atoms with van der Waals surface area (Å²) >= 11 is 0. The van der Waals surface area contributed by atoms with Gasteiger partial charge in [0.25, 0.3) is 0 Å². The van der Waals surface area contributed by atoms with Gasteiger partial charge in [0.1, 0.15) is 0 Å². The lowest BCUT2D eigenvalue weighted by Crippen LogP contribution is -2.35. The van der Waals surface area contributed by atoms with Crippen LogP contribution in [0.3, 0.4) is 0 Å². The lowest BCUT2D eigenvalue weighted by Gasteiger charge is -2.29. The number of rotatable bonds is 2. The molecule has 1 aromatic rings. The molecule has 2 rings (SSSR count). The summed E-state index contributed by atoms with van der Waals surface area (Å²) < 4.78 is 25.6. The van der Waals surface area contributed by atoms with Crippen molar-refractivity contribution in [3.05, 3.63) is 17.5 Å². The molecule has 0 saturated heterocycles. The van der Waals surface area contributed by atoms with Crippen LogP contribution in [0.2, 0.25) is 0 Å². The minimum Gasteiger partial charge on any atom is -0.296 e. The normalized spacial score (nSPS) is 17.5. The Hall–Kier alpha value is -0.970. The lowest BCUT2D eigenvalue weighted by molar-refractivity contribution is 0.0561. The van der Waals surface area contributed by atoms with Gasteiger partial charge in [0, 0.05) is 37.3 Å². The summed E-state index contributed by atoms with van der Waals surface area (Å²) in [5, 5.41) is 3.88. The summed E-state index contributed by atoms with van der Waals surface area (Å²) in [6.45, 7) is 3.35. The number of halogens is 2. The van der Waals surface area contributed by atoms with Crippen molar-refractivity contribution >= 4 is 0 Å². The molecule has 0 spiro atoms. The Morgan fingerprint density at radius 2 is 2.13 bits per heavy atom. The first-order valence-electron chi connectivity index (χ1n) is 5.17. The van der Waals surface area contributed by atoms with Gasteiger partial charge in [-0.05, 0) is 13.8 Å². The second kappa shape index (κ2) is 3.89. The van der Waals surface area contributed by atoms with Gasteiger partial charge in [-0.3, -0.25) is 4.90 Å². The molecule has 0 aliphatic carbocycles. The van der Waals surface area contributed by atoms with Crippen LogP contribution < -0.4 is 0 Å². The Balaban J connectivity index is 2.19. The maximum atomic E-state index is 12.4. The number of hydrogen-bond donors (Lipinski definition) is 0. The van der Waals surface area contributed by atoms with Gasteiger partial charge in [-0.25, -0.2) is 4.68 Å². The molecular weight excluding hydrogens is 200 g/mol. The summed E-state index contributed by atoms with van der Waals surface area (Å²) in [6.07, 6.45) is 2.24. The van der Waals surface area contributed by atoms with E-state index in [0.29, 0.717) is 6.04 Å². The third-order valence-electron chi connectivity index (χ3n) is 2.83. The molecule has 1 aliphatic heterocycles. The van der Waals surface area contributed by atoms with Crippen molar-refractivity contribution in [1.82, 2.24) is 14.7 Å². The largest absolute Gasteiger partial charge is 0.333 e. The molecule has 15 heavy (non-hydrogen) atoms. The van der Waals surface area contributed by atoms with Gasteiger partial charge in [0.15, 0.2) is 0 Å². The molecule has 84 valence electrons. The number of aromatic nitrogens is 2. The van der Waals surface area contributed by atoms with E-state index < -0.39 is 6.55 Å². The fourth-order valence-electron chi connectivity index (χ4n) is 1.90. The van der Waals surface area contributed by atoms with Gasteiger partial charge in [0.05, 0.1) is 5.69 Å². The highest BCUT2D eigenvalue weighted by Gasteiger charge is 2.22. The van der Waals surface area contributed by atoms with E-state index >= 15 is 0 Å². The van der Waals surface area contributed by atoms with Crippen LogP contribution in [0.25, 0.3) is 0 Å². The van der Waals surface area contributed by atoms with E-state index in [0.717, 1.165) is 35.4 Å². The summed E-state index contributed by atoms with van der Waals surface area (Å²) in [4.78, 5) is 2.26. The first-order chi connectivity index (χ1) is 7.08. The van der Waals surface area contributed by atoms with Crippen molar-refractivity contribution in [3.63, 3.8) is 0 Å². The van der Waals surface area contributed by atoms with Crippen molar-refractivity contribution in [2.45, 2.75) is 39.4 Å². The summed E-state index contributed by atoms with van der Waals surface area (Å²) in [5.41, 5.74) is 1.77. The summed E-state index contributed by atoms with van der Waals surface area (Å²) in [6, 6.07) is 0.452. The van der Waals surface area contributed by atoms with Crippen LogP contribution >= 0.6 is 0 Å². The number of hydrogen-bond acceptors (Lipinski definition) is 2. The SMILES string of the molecule is CC(C)N1CCc2nn(C(F)F)cc2C1. The molecule has 0 bridgehead atoms. The Morgan fingerprint density at radius 3 is 2.73 bits per heavy atom.